The van der Waals surface area contributed by atoms with E-state index < -0.39 is 42.4 Å². The van der Waals surface area contributed by atoms with Crippen LogP contribution in [0.15, 0.2) is 30.3 Å². The van der Waals surface area contributed by atoms with Gasteiger partial charge in [-0.2, -0.15) is 11.8 Å². The third kappa shape index (κ3) is 8.38. The van der Waals surface area contributed by atoms with Crippen molar-refractivity contribution in [3.63, 3.8) is 0 Å². The zero-order chi connectivity index (χ0) is 19.5. The average Bonchev–Trinajstić information content (AvgIpc) is 2.58. The fraction of sp³-hybridized carbons (Fsp3) is 0.375. The first-order valence-corrected chi connectivity index (χ1v) is 8.81. The summed E-state index contributed by atoms with van der Waals surface area (Å²) in [6.45, 7) is 0. The Hall–Kier alpha value is -2.75. The number of benzene rings is 1. The molecule has 1 aromatic rings. The summed E-state index contributed by atoms with van der Waals surface area (Å²) in [7, 11) is 0. The molecule has 10 heteroatoms. The van der Waals surface area contributed by atoms with Gasteiger partial charge in [-0.1, -0.05) is 30.3 Å². The number of nitrogens with one attached hydrogen (secondary N) is 2. The van der Waals surface area contributed by atoms with Crippen LogP contribution in [0.1, 0.15) is 18.4 Å². The maximum atomic E-state index is 11.8. The summed E-state index contributed by atoms with van der Waals surface area (Å²) < 4.78 is 0. The van der Waals surface area contributed by atoms with Crippen LogP contribution in [-0.4, -0.2) is 57.1 Å². The number of carbonyl (C=O) groups is 4. The number of hydrogen-bond donors (Lipinski definition) is 5. The van der Waals surface area contributed by atoms with Gasteiger partial charge in [0.05, 0.1) is 0 Å². The SMILES string of the molecule is O=C(O)CC[C@H](NC(=O)N[C@@H](CSCc1ccccc1)C(=O)O)C(=O)O. The van der Waals surface area contributed by atoms with Gasteiger partial charge in [0, 0.05) is 17.9 Å². The summed E-state index contributed by atoms with van der Waals surface area (Å²) in [6.07, 6.45) is -0.745. The number of aliphatic carboxylic acids is 3. The van der Waals surface area contributed by atoms with E-state index in [-0.39, 0.29) is 12.2 Å². The second-order valence-corrected chi connectivity index (χ2v) is 6.36. The molecule has 1 rings (SSSR count). The van der Waals surface area contributed by atoms with Gasteiger partial charge in [-0.05, 0) is 12.0 Å². The molecule has 0 radical (unpaired) electrons. The lowest BCUT2D eigenvalue weighted by atomic mass is 10.1. The van der Waals surface area contributed by atoms with Gasteiger partial charge in [0.25, 0.3) is 0 Å². The Morgan fingerprint density at radius 2 is 1.50 bits per heavy atom. The molecule has 0 bridgehead atoms. The Labute approximate surface area is 153 Å². The van der Waals surface area contributed by atoms with E-state index in [1.807, 2.05) is 30.3 Å². The molecular formula is C16H20N2O7S. The van der Waals surface area contributed by atoms with Gasteiger partial charge in [-0.15, -0.1) is 0 Å². The number of amides is 2. The molecule has 0 saturated heterocycles. The van der Waals surface area contributed by atoms with Crippen molar-refractivity contribution in [3.8, 4) is 0 Å². The zero-order valence-electron chi connectivity index (χ0n) is 13.8. The standard InChI is InChI=1S/C16H20N2O7S/c19-13(20)7-6-11(14(21)22)17-16(25)18-12(15(23)24)9-26-8-10-4-2-1-3-5-10/h1-5,11-12H,6-9H2,(H,19,20)(H,21,22)(H,23,24)(H2,17,18,25)/t11-,12-/m0/s1. The molecule has 2 atom stereocenters. The fourth-order valence-electron chi connectivity index (χ4n) is 1.93. The van der Waals surface area contributed by atoms with E-state index in [0.29, 0.717) is 5.75 Å². The molecule has 0 aliphatic carbocycles. The minimum Gasteiger partial charge on any atom is -0.481 e. The Morgan fingerprint density at radius 1 is 0.923 bits per heavy atom. The van der Waals surface area contributed by atoms with Crippen LogP contribution in [0.25, 0.3) is 0 Å². The first-order valence-electron chi connectivity index (χ1n) is 7.65. The normalized spacial score (nSPS) is 12.6. The van der Waals surface area contributed by atoms with Crippen LogP contribution in [0.2, 0.25) is 0 Å². The van der Waals surface area contributed by atoms with Crippen LogP contribution in [0.4, 0.5) is 4.79 Å². The van der Waals surface area contributed by atoms with Crippen LogP contribution < -0.4 is 10.6 Å². The van der Waals surface area contributed by atoms with Gasteiger partial charge in [0.15, 0.2) is 0 Å². The van der Waals surface area contributed by atoms with Crippen molar-refractivity contribution < 1.29 is 34.5 Å². The van der Waals surface area contributed by atoms with E-state index in [1.54, 1.807) is 0 Å². The van der Waals surface area contributed by atoms with Crippen molar-refractivity contribution >= 4 is 35.7 Å². The number of carboxylic acids is 3. The Kier molecular flexibility index (Phi) is 8.99. The lowest BCUT2D eigenvalue weighted by Crippen LogP contribution is -2.52. The topological polar surface area (TPSA) is 153 Å². The van der Waals surface area contributed by atoms with E-state index in [4.69, 9.17) is 10.2 Å². The minimum atomic E-state index is -1.42. The third-order valence-corrected chi connectivity index (χ3v) is 4.36. The molecule has 0 saturated carbocycles. The second-order valence-electron chi connectivity index (χ2n) is 5.33. The third-order valence-electron chi connectivity index (χ3n) is 3.25. The van der Waals surface area contributed by atoms with E-state index in [9.17, 15) is 24.3 Å². The molecule has 0 spiro atoms. The van der Waals surface area contributed by atoms with Crippen LogP contribution >= 0.6 is 11.8 Å². The van der Waals surface area contributed by atoms with Crippen LogP contribution in [0, 0.1) is 0 Å². The smallest absolute Gasteiger partial charge is 0.327 e. The predicted octanol–water partition coefficient (Wildman–Crippen LogP) is 0.990. The maximum Gasteiger partial charge on any atom is 0.327 e. The van der Waals surface area contributed by atoms with Gasteiger partial charge in [-0.25, -0.2) is 14.4 Å². The summed E-state index contributed by atoms with van der Waals surface area (Å²) in [4.78, 5) is 44.7. The molecule has 2 amide bonds. The highest BCUT2D eigenvalue weighted by atomic mass is 32.2. The van der Waals surface area contributed by atoms with Gasteiger partial charge < -0.3 is 26.0 Å². The van der Waals surface area contributed by atoms with Crippen LogP contribution in [0.3, 0.4) is 0 Å². The average molecular weight is 384 g/mol. The highest BCUT2D eigenvalue weighted by Crippen LogP contribution is 2.13. The maximum absolute atomic E-state index is 11.8. The number of hydrogen-bond acceptors (Lipinski definition) is 5. The van der Waals surface area contributed by atoms with Crippen molar-refractivity contribution in [1.82, 2.24) is 10.6 Å². The van der Waals surface area contributed by atoms with Crippen molar-refractivity contribution in [2.45, 2.75) is 30.7 Å². The molecule has 5 N–H and O–H groups in total. The van der Waals surface area contributed by atoms with Gasteiger partial charge in [0.1, 0.15) is 12.1 Å². The van der Waals surface area contributed by atoms with Crippen LogP contribution in [0.5, 0.6) is 0 Å². The second kappa shape index (κ2) is 11.0. The van der Waals surface area contributed by atoms with E-state index in [2.05, 4.69) is 10.6 Å². The summed E-state index contributed by atoms with van der Waals surface area (Å²) in [5, 5.41) is 31.0. The number of thioether (sulfide) groups is 1. The Bertz CT molecular complexity index is 639. The quantitative estimate of drug-likeness (QED) is 0.378. The molecule has 142 valence electrons. The molecular weight excluding hydrogens is 364 g/mol. The van der Waals surface area contributed by atoms with E-state index in [1.165, 1.54) is 11.8 Å². The number of rotatable bonds is 11. The van der Waals surface area contributed by atoms with Gasteiger partial charge in [0.2, 0.25) is 0 Å². The molecule has 0 unspecified atom stereocenters. The summed E-state index contributed by atoms with van der Waals surface area (Å²) >= 11 is 1.31. The summed E-state index contributed by atoms with van der Waals surface area (Å²) in [5.74, 6) is -3.20. The molecule has 26 heavy (non-hydrogen) atoms. The molecule has 0 aliphatic rings. The van der Waals surface area contributed by atoms with Crippen molar-refractivity contribution in [1.29, 1.82) is 0 Å². The lowest BCUT2D eigenvalue weighted by molar-refractivity contribution is -0.140. The predicted molar refractivity (Wildman–Crippen MR) is 94.0 cm³/mol. The first kappa shape index (κ1) is 21.3. The fourth-order valence-corrected chi connectivity index (χ4v) is 2.93. The Morgan fingerprint density at radius 3 is 2.04 bits per heavy atom. The summed E-state index contributed by atoms with van der Waals surface area (Å²) in [5.41, 5.74) is 1.01. The monoisotopic (exact) mass is 384 g/mol. The Balaban J connectivity index is 2.51. The van der Waals surface area contributed by atoms with Gasteiger partial charge in [-0.3, -0.25) is 4.79 Å². The molecule has 1 aromatic carbocycles. The molecule has 0 aromatic heterocycles. The molecule has 0 heterocycles. The van der Waals surface area contributed by atoms with Crippen molar-refractivity contribution in [2.75, 3.05) is 5.75 Å². The number of urea groups is 1. The highest BCUT2D eigenvalue weighted by Gasteiger charge is 2.24. The lowest BCUT2D eigenvalue weighted by Gasteiger charge is -2.18. The molecule has 0 fully saturated rings. The zero-order valence-corrected chi connectivity index (χ0v) is 14.6. The number of carbonyl (C=O) groups excluding carboxylic acids is 1. The largest absolute Gasteiger partial charge is 0.481 e. The minimum absolute atomic E-state index is 0.0878. The summed E-state index contributed by atoms with van der Waals surface area (Å²) in [6, 6.07) is 5.76. The number of carboxylic acid groups (broad SMARTS) is 3. The van der Waals surface area contributed by atoms with E-state index >= 15 is 0 Å². The molecule has 9 nitrogen and oxygen atoms in total. The van der Waals surface area contributed by atoms with Crippen molar-refractivity contribution in [3.05, 3.63) is 35.9 Å². The highest BCUT2D eigenvalue weighted by molar-refractivity contribution is 7.98. The molecule has 0 aliphatic heterocycles. The first-order chi connectivity index (χ1) is 12.3. The van der Waals surface area contributed by atoms with Crippen molar-refractivity contribution in [2.24, 2.45) is 0 Å². The van der Waals surface area contributed by atoms with Crippen LogP contribution in [-0.2, 0) is 20.1 Å². The van der Waals surface area contributed by atoms with Gasteiger partial charge >= 0.3 is 23.9 Å². The van der Waals surface area contributed by atoms with E-state index in [0.717, 1.165) is 5.56 Å².